The monoisotopic (exact) mass is 190 g/mol. The second-order valence-electron chi connectivity index (χ2n) is 3.08. The molecule has 2 aromatic heterocycles. The van der Waals surface area contributed by atoms with E-state index in [1.807, 2.05) is 0 Å². The van der Waals surface area contributed by atoms with Crippen molar-refractivity contribution in [2.45, 2.75) is 6.92 Å². The second-order valence-corrected chi connectivity index (χ2v) is 3.08. The van der Waals surface area contributed by atoms with E-state index in [1.54, 1.807) is 37.0 Å². The normalized spacial score (nSPS) is 10.4. The lowest BCUT2D eigenvalue weighted by Crippen LogP contribution is -2.08. The minimum absolute atomic E-state index is 0.108. The number of furan rings is 1. The maximum atomic E-state index is 11.9. The van der Waals surface area contributed by atoms with Gasteiger partial charge in [-0.3, -0.25) is 4.79 Å². The first-order chi connectivity index (χ1) is 6.70. The molecular weight excluding hydrogens is 180 g/mol. The number of ketones is 1. The molecule has 0 saturated heterocycles. The molecule has 4 heteroatoms. The Bertz CT molecular complexity index is 426. The summed E-state index contributed by atoms with van der Waals surface area (Å²) in [6.07, 6.45) is 4.84. The van der Waals surface area contributed by atoms with Crippen LogP contribution in [0.3, 0.4) is 0 Å². The molecule has 0 atom stereocenters. The number of carbonyl (C=O) groups is 1. The molecule has 72 valence electrons. The molecule has 0 amide bonds. The lowest BCUT2D eigenvalue weighted by atomic mass is 10.1. The van der Waals surface area contributed by atoms with Crippen LogP contribution in [-0.2, 0) is 7.05 Å². The van der Waals surface area contributed by atoms with E-state index in [0.717, 1.165) is 0 Å². The van der Waals surface area contributed by atoms with Gasteiger partial charge in [-0.2, -0.15) is 0 Å². The molecule has 0 aliphatic rings. The summed E-state index contributed by atoms with van der Waals surface area (Å²) in [6.45, 7) is 1.76. The Morgan fingerprint density at radius 1 is 1.57 bits per heavy atom. The predicted octanol–water partition coefficient (Wildman–Crippen LogP) is 1.55. The van der Waals surface area contributed by atoms with Crippen LogP contribution in [0.5, 0.6) is 0 Å². The maximum Gasteiger partial charge on any atom is 0.231 e. The summed E-state index contributed by atoms with van der Waals surface area (Å²) < 4.78 is 6.75. The van der Waals surface area contributed by atoms with Gasteiger partial charge in [0.05, 0.1) is 11.8 Å². The number of imidazole rings is 1. The molecule has 2 heterocycles. The van der Waals surface area contributed by atoms with Crippen LogP contribution < -0.4 is 0 Å². The number of hydrogen-bond donors (Lipinski definition) is 0. The summed E-state index contributed by atoms with van der Waals surface area (Å²) in [5, 5.41) is 0. The van der Waals surface area contributed by atoms with Gasteiger partial charge in [-0.15, -0.1) is 0 Å². The summed E-state index contributed by atoms with van der Waals surface area (Å²) in [4.78, 5) is 15.9. The zero-order valence-electron chi connectivity index (χ0n) is 8.02. The standard InChI is InChI=1S/C10H10N2O2/c1-7-8(3-6-14-7)9(13)10-11-4-5-12(10)2/h3-6H,1-2H3. The van der Waals surface area contributed by atoms with Crippen LogP contribution in [0, 0.1) is 6.92 Å². The highest BCUT2D eigenvalue weighted by Gasteiger charge is 2.17. The SMILES string of the molecule is Cc1occc1C(=O)c1nccn1C. The van der Waals surface area contributed by atoms with E-state index in [9.17, 15) is 4.79 Å². The molecule has 14 heavy (non-hydrogen) atoms. The highest BCUT2D eigenvalue weighted by molar-refractivity contribution is 6.07. The van der Waals surface area contributed by atoms with Crippen molar-refractivity contribution in [2.75, 3.05) is 0 Å². The largest absolute Gasteiger partial charge is 0.469 e. The third-order valence-electron chi connectivity index (χ3n) is 2.13. The van der Waals surface area contributed by atoms with Crippen molar-refractivity contribution >= 4 is 5.78 Å². The molecule has 0 radical (unpaired) electrons. The Balaban J connectivity index is 2.44. The van der Waals surface area contributed by atoms with Gasteiger partial charge in [0.15, 0.2) is 5.82 Å². The van der Waals surface area contributed by atoms with E-state index >= 15 is 0 Å². The fraction of sp³-hybridized carbons (Fsp3) is 0.200. The van der Waals surface area contributed by atoms with Crippen LogP contribution in [0.2, 0.25) is 0 Å². The number of aromatic nitrogens is 2. The highest BCUT2D eigenvalue weighted by Crippen LogP contribution is 2.13. The summed E-state index contributed by atoms with van der Waals surface area (Å²) >= 11 is 0. The molecule has 0 aliphatic heterocycles. The van der Waals surface area contributed by atoms with Gasteiger partial charge >= 0.3 is 0 Å². The zero-order valence-corrected chi connectivity index (χ0v) is 8.02. The van der Waals surface area contributed by atoms with E-state index in [0.29, 0.717) is 17.1 Å². The molecule has 0 aromatic carbocycles. The molecule has 0 spiro atoms. The van der Waals surface area contributed by atoms with Crippen LogP contribution in [0.25, 0.3) is 0 Å². The van der Waals surface area contributed by atoms with E-state index in [4.69, 9.17) is 4.42 Å². The van der Waals surface area contributed by atoms with Gasteiger partial charge < -0.3 is 8.98 Å². The number of hydrogen-bond acceptors (Lipinski definition) is 3. The first-order valence-corrected chi connectivity index (χ1v) is 4.26. The Labute approximate surface area is 81.2 Å². The highest BCUT2D eigenvalue weighted by atomic mass is 16.3. The first kappa shape index (κ1) is 8.74. The first-order valence-electron chi connectivity index (χ1n) is 4.26. The summed E-state index contributed by atoms with van der Waals surface area (Å²) in [7, 11) is 1.79. The van der Waals surface area contributed by atoms with E-state index in [2.05, 4.69) is 4.98 Å². The molecule has 2 aromatic rings. The van der Waals surface area contributed by atoms with Gasteiger partial charge in [0.25, 0.3) is 0 Å². The smallest absolute Gasteiger partial charge is 0.231 e. The van der Waals surface area contributed by atoms with Crippen molar-refractivity contribution in [3.8, 4) is 0 Å². The fourth-order valence-electron chi connectivity index (χ4n) is 1.33. The van der Waals surface area contributed by atoms with Gasteiger partial charge in [-0.1, -0.05) is 0 Å². The number of carbonyl (C=O) groups excluding carboxylic acids is 1. The lowest BCUT2D eigenvalue weighted by Gasteiger charge is -1.98. The molecule has 0 bridgehead atoms. The van der Waals surface area contributed by atoms with Crippen LogP contribution in [-0.4, -0.2) is 15.3 Å². The molecule has 0 unspecified atom stereocenters. The van der Waals surface area contributed by atoms with Crippen molar-refractivity contribution in [1.29, 1.82) is 0 Å². The van der Waals surface area contributed by atoms with Gasteiger partial charge in [-0.25, -0.2) is 4.98 Å². The fourth-order valence-corrected chi connectivity index (χ4v) is 1.33. The van der Waals surface area contributed by atoms with Crippen LogP contribution in [0.15, 0.2) is 29.1 Å². The Morgan fingerprint density at radius 3 is 2.86 bits per heavy atom. The molecule has 0 fully saturated rings. The van der Waals surface area contributed by atoms with Gasteiger partial charge in [0, 0.05) is 19.4 Å². The molecule has 0 saturated carbocycles. The van der Waals surface area contributed by atoms with Gasteiger partial charge in [0.2, 0.25) is 5.78 Å². The molecule has 4 nitrogen and oxygen atoms in total. The Kier molecular flexibility index (Phi) is 1.96. The van der Waals surface area contributed by atoms with E-state index in [-0.39, 0.29) is 5.78 Å². The average Bonchev–Trinajstić information content (AvgIpc) is 2.73. The maximum absolute atomic E-state index is 11.9. The third-order valence-corrected chi connectivity index (χ3v) is 2.13. The van der Waals surface area contributed by atoms with Crippen molar-refractivity contribution < 1.29 is 9.21 Å². The van der Waals surface area contributed by atoms with Crippen LogP contribution >= 0.6 is 0 Å². The van der Waals surface area contributed by atoms with Crippen LogP contribution in [0.1, 0.15) is 21.9 Å². The minimum Gasteiger partial charge on any atom is -0.469 e. The second kappa shape index (κ2) is 3.14. The molecule has 2 rings (SSSR count). The van der Waals surface area contributed by atoms with E-state index < -0.39 is 0 Å². The van der Waals surface area contributed by atoms with Crippen molar-refractivity contribution in [1.82, 2.24) is 9.55 Å². The minimum atomic E-state index is -0.108. The molecular formula is C10H10N2O2. The summed E-state index contributed by atoms with van der Waals surface area (Å²) in [5.74, 6) is 0.941. The third kappa shape index (κ3) is 1.25. The van der Waals surface area contributed by atoms with Crippen molar-refractivity contribution in [2.24, 2.45) is 7.05 Å². The van der Waals surface area contributed by atoms with Gasteiger partial charge in [-0.05, 0) is 13.0 Å². The van der Waals surface area contributed by atoms with Crippen molar-refractivity contribution in [3.63, 3.8) is 0 Å². The van der Waals surface area contributed by atoms with Crippen LogP contribution in [0.4, 0.5) is 0 Å². The molecule has 0 N–H and O–H groups in total. The quantitative estimate of drug-likeness (QED) is 0.675. The average molecular weight is 190 g/mol. The van der Waals surface area contributed by atoms with Gasteiger partial charge in [0.1, 0.15) is 5.76 Å². The topological polar surface area (TPSA) is 48.0 Å². The van der Waals surface area contributed by atoms with Crippen molar-refractivity contribution in [3.05, 3.63) is 41.9 Å². The lowest BCUT2D eigenvalue weighted by molar-refractivity contribution is 0.102. The number of nitrogens with zero attached hydrogens (tertiary/aromatic N) is 2. The number of rotatable bonds is 2. The Morgan fingerprint density at radius 2 is 2.36 bits per heavy atom. The summed E-state index contributed by atoms with van der Waals surface area (Å²) in [5.41, 5.74) is 0.569. The zero-order chi connectivity index (χ0) is 10.1. The predicted molar refractivity (Wildman–Crippen MR) is 50.1 cm³/mol. The van der Waals surface area contributed by atoms with E-state index in [1.165, 1.54) is 6.26 Å². The number of aryl methyl sites for hydroxylation is 2. The summed E-state index contributed by atoms with van der Waals surface area (Å²) in [6, 6.07) is 1.66. The Hall–Kier alpha value is -1.84. The molecule has 0 aliphatic carbocycles.